The van der Waals surface area contributed by atoms with E-state index in [1.807, 2.05) is 25.2 Å². The summed E-state index contributed by atoms with van der Waals surface area (Å²) < 4.78 is 34.0. The zero-order valence-corrected chi connectivity index (χ0v) is 16.7. The molecular formula is C19H25N2O5S+. The van der Waals surface area contributed by atoms with Crippen LogP contribution in [0.15, 0.2) is 47.4 Å². The van der Waals surface area contributed by atoms with E-state index in [0.29, 0.717) is 23.7 Å². The highest BCUT2D eigenvalue weighted by molar-refractivity contribution is 7.90. The molecule has 0 heterocycles. The van der Waals surface area contributed by atoms with E-state index in [-0.39, 0.29) is 17.3 Å². The van der Waals surface area contributed by atoms with Gasteiger partial charge >= 0.3 is 0 Å². The Balaban J connectivity index is 2.03. The van der Waals surface area contributed by atoms with Crippen molar-refractivity contribution in [1.82, 2.24) is 0 Å². The molecule has 0 bridgehead atoms. The minimum Gasteiger partial charge on any atom is -0.493 e. The monoisotopic (exact) mass is 393 g/mol. The van der Waals surface area contributed by atoms with Crippen LogP contribution in [0.5, 0.6) is 11.5 Å². The number of carbonyl (C=O) groups is 1. The second kappa shape index (κ2) is 8.88. The molecule has 0 fully saturated rings. The van der Waals surface area contributed by atoms with Gasteiger partial charge in [-0.1, -0.05) is 12.1 Å². The highest BCUT2D eigenvalue weighted by atomic mass is 32.2. The van der Waals surface area contributed by atoms with Crippen LogP contribution >= 0.6 is 0 Å². The van der Waals surface area contributed by atoms with Crippen LogP contribution in [0.2, 0.25) is 0 Å². The molecular weight excluding hydrogens is 368 g/mol. The first kappa shape index (κ1) is 20.7. The molecule has 8 heteroatoms. The molecule has 7 nitrogen and oxygen atoms in total. The number of carbonyl (C=O) groups excluding carboxylic acids is 1. The smallest absolute Gasteiger partial charge is 0.279 e. The Morgan fingerprint density at radius 1 is 1.11 bits per heavy atom. The standard InChI is InChI=1S/C19H24N2O5S/c1-21(12-14-7-5-10-17(25-2)19(14)26-3)13-18(22)20-15-8-6-9-16(11-15)27(4,23)24/h5-11H,12-13H2,1-4H3,(H,20,22)/p+1. The van der Waals surface area contributed by atoms with Crippen molar-refractivity contribution in [3.05, 3.63) is 48.0 Å². The lowest BCUT2D eigenvalue weighted by Gasteiger charge is -2.17. The fourth-order valence-corrected chi connectivity index (χ4v) is 3.43. The predicted octanol–water partition coefficient (Wildman–Crippen LogP) is 0.761. The Labute approximate surface area is 159 Å². The molecule has 0 spiro atoms. The summed E-state index contributed by atoms with van der Waals surface area (Å²) >= 11 is 0. The topological polar surface area (TPSA) is 86.1 Å². The van der Waals surface area contributed by atoms with Crippen LogP contribution in [-0.4, -0.2) is 48.4 Å². The van der Waals surface area contributed by atoms with Gasteiger partial charge in [0, 0.05) is 11.9 Å². The molecule has 2 aromatic carbocycles. The second-order valence-corrected chi connectivity index (χ2v) is 8.33. The van der Waals surface area contributed by atoms with Crippen molar-refractivity contribution in [3.63, 3.8) is 0 Å². The molecule has 0 aliphatic rings. The molecule has 0 saturated heterocycles. The Bertz CT molecular complexity index is 912. The van der Waals surface area contributed by atoms with E-state index in [2.05, 4.69) is 5.32 Å². The van der Waals surface area contributed by atoms with Crippen molar-refractivity contribution in [2.75, 3.05) is 39.4 Å². The number of rotatable bonds is 8. The molecule has 1 unspecified atom stereocenters. The van der Waals surface area contributed by atoms with Crippen LogP contribution in [0.3, 0.4) is 0 Å². The number of hydrogen-bond donors (Lipinski definition) is 2. The van der Waals surface area contributed by atoms with Crippen molar-refractivity contribution >= 4 is 21.4 Å². The molecule has 0 radical (unpaired) electrons. The van der Waals surface area contributed by atoms with Gasteiger partial charge < -0.3 is 19.7 Å². The lowest BCUT2D eigenvalue weighted by Crippen LogP contribution is -3.08. The van der Waals surface area contributed by atoms with Crippen molar-refractivity contribution in [1.29, 1.82) is 0 Å². The highest BCUT2D eigenvalue weighted by Crippen LogP contribution is 2.30. The van der Waals surface area contributed by atoms with Crippen LogP contribution in [0.4, 0.5) is 5.69 Å². The van der Waals surface area contributed by atoms with Crippen LogP contribution in [0.25, 0.3) is 0 Å². The largest absolute Gasteiger partial charge is 0.493 e. The maximum absolute atomic E-state index is 12.3. The molecule has 27 heavy (non-hydrogen) atoms. The molecule has 1 amide bonds. The molecule has 2 aromatic rings. The van der Waals surface area contributed by atoms with E-state index in [4.69, 9.17) is 9.47 Å². The number of amides is 1. The predicted molar refractivity (Wildman–Crippen MR) is 103 cm³/mol. The number of sulfone groups is 1. The number of nitrogens with one attached hydrogen (secondary N) is 2. The first-order valence-corrected chi connectivity index (χ1v) is 10.2. The Kier molecular flexibility index (Phi) is 6.81. The Morgan fingerprint density at radius 3 is 2.44 bits per heavy atom. The van der Waals surface area contributed by atoms with Gasteiger partial charge in [0.15, 0.2) is 27.9 Å². The molecule has 2 N–H and O–H groups in total. The molecule has 0 saturated carbocycles. The van der Waals surface area contributed by atoms with Crippen molar-refractivity contribution in [2.24, 2.45) is 0 Å². The highest BCUT2D eigenvalue weighted by Gasteiger charge is 2.16. The number of benzene rings is 2. The summed E-state index contributed by atoms with van der Waals surface area (Å²) in [6.45, 7) is 0.778. The van der Waals surface area contributed by atoms with Crippen LogP contribution in [0.1, 0.15) is 5.56 Å². The van der Waals surface area contributed by atoms with E-state index >= 15 is 0 Å². The molecule has 0 aliphatic carbocycles. The summed E-state index contributed by atoms with van der Waals surface area (Å²) in [7, 11) is 1.73. The van der Waals surface area contributed by atoms with E-state index in [0.717, 1.165) is 16.7 Å². The molecule has 2 rings (SSSR count). The first-order chi connectivity index (χ1) is 12.7. The summed E-state index contributed by atoms with van der Waals surface area (Å²) in [5, 5.41) is 2.74. The van der Waals surface area contributed by atoms with E-state index in [1.54, 1.807) is 26.4 Å². The number of anilines is 1. The van der Waals surface area contributed by atoms with Gasteiger partial charge in [-0.2, -0.15) is 0 Å². The summed E-state index contributed by atoms with van der Waals surface area (Å²) in [4.78, 5) is 13.4. The number of para-hydroxylation sites is 1. The minimum absolute atomic E-state index is 0.169. The van der Waals surface area contributed by atoms with Gasteiger partial charge in [0.2, 0.25) is 0 Å². The van der Waals surface area contributed by atoms with Gasteiger partial charge in [-0.3, -0.25) is 4.79 Å². The first-order valence-electron chi connectivity index (χ1n) is 8.35. The SMILES string of the molecule is COc1cccc(C[NH+](C)CC(=O)Nc2cccc(S(C)(=O)=O)c2)c1OC. The quantitative estimate of drug-likeness (QED) is 0.692. The summed E-state index contributed by atoms with van der Waals surface area (Å²) in [6, 6.07) is 11.8. The van der Waals surface area contributed by atoms with E-state index in [9.17, 15) is 13.2 Å². The number of quaternary nitrogens is 1. The fourth-order valence-electron chi connectivity index (χ4n) is 2.76. The van der Waals surface area contributed by atoms with Gasteiger partial charge in [0.1, 0.15) is 6.54 Å². The molecule has 0 aliphatic heterocycles. The molecule has 146 valence electrons. The van der Waals surface area contributed by atoms with Crippen molar-refractivity contribution in [2.45, 2.75) is 11.4 Å². The third-order valence-electron chi connectivity index (χ3n) is 3.98. The van der Waals surface area contributed by atoms with Crippen LogP contribution < -0.4 is 19.7 Å². The maximum atomic E-state index is 12.3. The summed E-state index contributed by atoms with van der Waals surface area (Å²) in [6.07, 6.45) is 1.13. The number of likely N-dealkylation sites (N-methyl/N-ethyl adjacent to an activating group) is 1. The van der Waals surface area contributed by atoms with Gasteiger partial charge in [-0.05, 0) is 30.3 Å². The normalized spacial score (nSPS) is 12.3. The van der Waals surface area contributed by atoms with E-state index in [1.165, 1.54) is 12.1 Å². The number of methoxy groups -OCH3 is 2. The molecule has 0 aromatic heterocycles. The van der Waals surface area contributed by atoms with Gasteiger partial charge in [-0.15, -0.1) is 0 Å². The maximum Gasteiger partial charge on any atom is 0.279 e. The van der Waals surface area contributed by atoms with Crippen molar-refractivity contribution < 1.29 is 27.6 Å². The minimum atomic E-state index is -3.32. The lowest BCUT2D eigenvalue weighted by atomic mass is 10.1. The third kappa shape index (κ3) is 5.70. The average molecular weight is 393 g/mol. The van der Waals surface area contributed by atoms with E-state index < -0.39 is 9.84 Å². The van der Waals surface area contributed by atoms with Crippen LogP contribution in [0, 0.1) is 0 Å². The summed E-state index contributed by atoms with van der Waals surface area (Å²) in [5.74, 6) is 1.09. The third-order valence-corrected chi connectivity index (χ3v) is 5.10. The number of ether oxygens (including phenoxy) is 2. The zero-order valence-electron chi connectivity index (χ0n) is 15.9. The van der Waals surface area contributed by atoms with Gasteiger partial charge in [0.05, 0.1) is 31.7 Å². The fraction of sp³-hybridized carbons (Fsp3) is 0.316. The zero-order chi connectivity index (χ0) is 20.0. The van der Waals surface area contributed by atoms with Crippen LogP contribution in [-0.2, 0) is 21.2 Å². The second-order valence-electron chi connectivity index (χ2n) is 6.31. The Hall–Kier alpha value is -2.58. The molecule has 1 atom stereocenters. The lowest BCUT2D eigenvalue weighted by molar-refractivity contribution is -0.885. The average Bonchev–Trinajstić information content (AvgIpc) is 2.60. The summed E-state index contributed by atoms with van der Waals surface area (Å²) in [5.41, 5.74) is 1.39. The van der Waals surface area contributed by atoms with Gasteiger partial charge in [-0.25, -0.2) is 8.42 Å². The Morgan fingerprint density at radius 2 is 1.81 bits per heavy atom. The van der Waals surface area contributed by atoms with Crippen molar-refractivity contribution in [3.8, 4) is 11.5 Å². The van der Waals surface area contributed by atoms with Gasteiger partial charge in [0.25, 0.3) is 5.91 Å². The number of hydrogen-bond acceptors (Lipinski definition) is 5.